The summed E-state index contributed by atoms with van der Waals surface area (Å²) >= 11 is 0. The minimum Gasteiger partial charge on any atom is -0.490 e. The summed E-state index contributed by atoms with van der Waals surface area (Å²) in [5, 5.41) is 0.860. The van der Waals surface area contributed by atoms with Gasteiger partial charge in [0.1, 0.15) is 5.58 Å². The second-order valence-electron chi connectivity index (χ2n) is 2.64. The third kappa shape index (κ3) is 2.00. The van der Waals surface area contributed by atoms with E-state index in [2.05, 4.69) is 0 Å². The van der Waals surface area contributed by atoms with Gasteiger partial charge in [-0.3, -0.25) is 0 Å². The van der Waals surface area contributed by atoms with Crippen LogP contribution in [-0.4, -0.2) is 36.7 Å². The van der Waals surface area contributed by atoms with Crippen molar-refractivity contribution >= 4 is 40.5 Å². The summed E-state index contributed by atoms with van der Waals surface area (Å²) < 4.78 is 9.85. The molecule has 1 heterocycles. The zero-order valence-electron chi connectivity index (χ0n) is 8.11. The van der Waals surface area contributed by atoms with Crippen molar-refractivity contribution in [2.45, 2.75) is 0 Å². The Morgan fingerprint density at radius 2 is 2.00 bits per heavy atom. The molecular formula is C10H8NaO3. The molecule has 1 aromatic heterocycles. The number of fused-ring (bicyclic) bond motifs is 1. The molecule has 14 heavy (non-hydrogen) atoms. The molecule has 67 valence electrons. The van der Waals surface area contributed by atoms with Crippen LogP contribution in [0.5, 0.6) is 5.75 Å². The van der Waals surface area contributed by atoms with E-state index in [1.165, 1.54) is 7.11 Å². The Bertz CT molecular complexity index is 490. The molecule has 0 N–H and O–H groups in total. The molecule has 0 saturated carbocycles. The third-order valence-electron chi connectivity index (χ3n) is 1.83. The zero-order valence-corrected chi connectivity index (χ0v) is 10.1. The standard InChI is InChI=1S/C10H8O3.Na/c1-12-9-6-7-4-2-3-5-8(7)13-10(9)11;/h2-6H,1H3;. The number of para-hydroxylation sites is 1. The van der Waals surface area contributed by atoms with Gasteiger partial charge in [-0.1, -0.05) is 18.2 Å². The Balaban J connectivity index is 0.000000980. The van der Waals surface area contributed by atoms with Crippen LogP contribution >= 0.6 is 0 Å². The van der Waals surface area contributed by atoms with Crippen LogP contribution in [0.2, 0.25) is 0 Å². The maximum absolute atomic E-state index is 11.2. The number of hydrogen-bond acceptors (Lipinski definition) is 3. The largest absolute Gasteiger partial charge is 0.490 e. The van der Waals surface area contributed by atoms with E-state index in [-0.39, 0.29) is 35.3 Å². The Labute approximate surface area is 103 Å². The van der Waals surface area contributed by atoms with Crippen LogP contribution in [0, 0.1) is 0 Å². The summed E-state index contributed by atoms with van der Waals surface area (Å²) in [6.45, 7) is 0. The van der Waals surface area contributed by atoms with E-state index < -0.39 is 5.63 Å². The van der Waals surface area contributed by atoms with Gasteiger partial charge in [0.05, 0.1) is 7.11 Å². The first-order chi connectivity index (χ1) is 6.31. The minimum absolute atomic E-state index is 0. The molecule has 1 radical (unpaired) electrons. The predicted molar refractivity (Wildman–Crippen MR) is 54.8 cm³/mol. The van der Waals surface area contributed by atoms with E-state index in [0.717, 1.165) is 5.39 Å². The summed E-state index contributed by atoms with van der Waals surface area (Å²) in [6.07, 6.45) is 0. The maximum Gasteiger partial charge on any atom is 0.379 e. The molecule has 0 aliphatic heterocycles. The van der Waals surface area contributed by atoms with Crippen molar-refractivity contribution in [2.75, 3.05) is 7.11 Å². The van der Waals surface area contributed by atoms with Crippen molar-refractivity contribution in [1.82, 2.24) is 0 Å². The van der Waals surface area contributed by atoms with Crippen molar-refractivity contribution in [3.05, 3.63) is 40.8 Å². The van der Waals surface area contributed by atoms with Crippen LogP contribution in [-0.2, 0) is 0 Å². The molecule has 0 aliphatic rings. The normalized spacial score (nSPS) is 9.50. The van der Waals surface area contributed by atoms with Gasteiger partial charge in [-0.15, -0.1) is 0 Å². The molecule has 4 heteroatoms. The molecular weight excluding hydrogens is 191 g/mol. The quantitative estimate of drug-likeness (QED) is 0.515. The molecule has 0 spiro atoms. The van der Waals surface area contributed by atoms with E-state index in [1.807, 2.05) is 18.2 Å². The van der Waals surface area contributed by atoms with Crippen molar-refractivity contribution in [1.29, 1.82) is 0 Å². The maximum atomic E-state index is 11.2. The smallest absolute Gasteiger partial charge is 0.379 e. The summed E-state index contributed by atoms with van der Waals surface area (Å²) in [5.74, 6) is 0.235. The van der Waals surface area contributed by atoms with E-state index in [0.29, 0.717) is 5.58 Å². The first-order valence-corrected chi connectivity index (χ1v) is 3.88. The monoisotopic (exact) mass is 199 g/mol. The van der Waals surface area contributed by atoms with Crippen LogP contribution in [0.25, 0.3) is 11.0 Å². The molecule has 0 aliphatic carbocycles. The topological polar surface area (TPSA) is 39.4 Å². The second-order valence-corrected chi connectivity index (χ2v) is 2.64. The van der Waals surface area contributed by atoms with E-state index in [1.54, 1.807) is 12.1 Å². The zero-order chi connectivity index (χ0) is 9.26. The molecule has 0 bridgehead atoms. The molecule has 0 fully saturated rings. The number of hydrogen-bond donors (Lipinski definition) is 0. The van der Waals surface area contributed by atoms with Gasteiger partial charge in [-0.25, -0.2) is 4.79 Å². The molecule has 3 nitrogen and oxygen atoms in total. The van der Waals surface area contributed by atoms with Gasteiger partial charge in [0.15, 0.2) is 0 Å². The molecule has 0 amide bonds. The fourth-order valence-corrected chi connectivity index (χ4v) is 1.19. The Hall–Kier alpha value is -0.770. The molecule has 1 aromatic carbocycles. The van der Waals surface area contributed by atoms with Crippen molar-refractivity contribution in [3.63, 3.8) is 0 Å². The van der Waals surface area contributed by atoms with Crippen LogP contribution in [0.4, 0.5) is 0 Å². The van der Waals surface area contributed by atoms with Gasteiger partial charge in [0.2, 0.25) is 5.75 Å². The third-order valence-corrected chi connectivity index (χ3v) is 1.83. The minimum atomic E-state index is -0.443. The van der Waals surface area contributed by atoms with Gasteiger partial charge >= 0.3 is 5.63 Å². The second kappa shape index (κ2) is 4.64. The molecule has 0 unspecified atom stereocenters. The van der Waals surface area contributed by atoms with Crippen LogP contribution in [0.3, 0.4) is 0 Å². The van der Waals surface area contributed by atoms with Crippen molar-refractivity contribution in [2.24, 2.45) is 0 Å². The van der Waals surface area contributed by atoms with E-state index in [9.17, 15) is 4.79 Å². The van der Waals surface area contributed by atoms with Gasteiger partial charge in [-0.2, -0.15) is 0 Å². The number of ether oxygens (including phenoxy) is 1. The summed E-state index contributed by atoms with van der Waals surface area (Å²) in [4.78, 5) is 11.2. The molecule has 0 saturated heterocycles. The first-order valence-electron chi connectivity index (χ1n) is 3.88. The van der Waals surface area contributed by atoms with Gasteiger partial charge in [0, 0.05) is 34.9 Å². The predicted octanol–water partition coefficient (Wildman–Crippen LogP) is 1.42. The fourth-order valence-electron chi connectivity index (χ4n) is 1.19. The van der Waals surface area contributed by atoms with E-state index >= 15 is 0 Å². The van der Waals surface area contributed by atoms with E-state index in [4.69, 9.17) is 9.15 Å². The fraction of sp³-hybridized carbons (Fsp3) is 0.100. The van der Waals surface area contributed by atoms with Crippen LogP contribution in [0.1, 0.15) is 0 Å². The Morgan fingerprint density at radius 3 is 2.71 bits per heavy atom. The first kappa shape index (κ1) is 11.3. The van der Waals surface area contributed by atoms with Crippen molar-refractivity contribution in [3.8, 4) is 5.75 Å². The van der Waals surface area contributed by atoms with Crippen molar-refractivity contribution < 1.29 is 9.15 Å². The van der Waals surface area contributed by atoms with Gasteiger partial charge in [-0.05, 0) is 12.1 Å². The number of benzene rings is 1. The molecule has 0 atom stereocenters. The molecule has 2 aromatic rings. The number of methoxy groups -OCH3 is 1. The molecule has 2 rings (SSSR count). The summed E-state index contributed by atoms with van der Waals surface area (Å²) in [6, 6.07) is 8.97. The SMILES string of the molecule is COc1cc2ccccc2oc1=O.[Na]. The average molecular weight is 199 g/mol. The Morgan fingerprint density at radius 1 is 1.29 bits per heavy atom. The van der Waals surface area contributed by atoms with Gasteiger partial charge < -0.3 is 9.15 Å². The Kier molecular flexibility index (Phi) is 3.75. The van der Waals surface area contributed by atoms with Crippen LogP contribution < -0.4 is 10.4 Å². The number of rotatable bonds is 1. The van der Waals surface area contributed by atoms with Crippen LogP contribution in [0.15, 0.2) is 39.5 Å². The summed E-state index contributed by atoms with van der Waals surface area (Å²) in [7, 11) is 1.45. The average Bonchev–Trinajstić information content (AvgIpc) is 2.17. The summed E-state index contributed by atoms with van der Waals surface area (Å²) in [5.41, 5.74) is 0.134. The van der Waals surface area contributed by atoms with Gasteiger partial charge in [0.25, 0.3) is 0 Å².